The van der Waals surface area contributed by atoms with E-state index in [-0.39, 0.29) is 35.9 Å². The minimum Gasteiger partial charge on any atom is -0.350 e. The zero-order valence-electron chi connectivity index (χ0n) is 15.5. The number of pyridine rings is 1. The fraction of sp³-hybridized carbons (Fsp3) is 0.350. The van der Waals surface area contributed by atoms with Crippen molar-refractivity contribution in [2.45, 2.75) is 37.9 Å². The summed E-state index contributed by atoms with van der Waals surface area (Å²) in [5, 5.41) is 8.97. The van der Waals surface area contributed by atoms with Crippen LogP contribution < -0.4 is 21.5 Å². The third kappa shape index (κ3) is 4.99. The highest BCUT2D eigenvalue weighted by molar-refractivity contribution is 6.30. The molecule has 0 spiro atoms. The van der Waals surface area contributed by atoms with Gasteiger partial charge in [-0.25, -0.2) is 0 Å². The Morgan fingerprint density at radius 2 is 2.04 bits per heavy atom. The van der Waals surface area contributed by atoms with Crippen molar-refractivity contribution in [1.82, 2.24) is 20.9 Å². The number of aromatic amines is 1. The number of carbonyl (C=O) groups is 2. The molecule has 28 heavy (non-hydrogen) atoms. The topological polar surface area (TPSA) is 103 Å². The standard InChI is InChI=1S/C20H23ClN4O3/c1-12(18(26)23-10-15-7-16(21)11-24-19(15)27)25-20(28)17-8-14(9-22-17)13-5-3-2-4-6-13/h2-7,11-12,14,17,22H,8-10H2,1H3,(H,23,26)(H,24,27)(H,25,28)/t12-,14-,17?/m0/s1. The second kappa shape index (κ2) is 9.03. The summed E-state index contributed by atoms with van der Waals surface area (Å²) in [5.41, 5.74) is 1.23. The van der Waals surface area contributed by atoms with E-state index < -0.39 is 6.04 Å². The summed E-state index contributed by atoms with van der Waals surface area (Å²) in [6.07, 6.45) is 2.07. The van der Waals surface area contributed by atoms with Crippen LogP contribution in [0, 0.1) is 0 Å². The number of amides is 2. The van der Waals surface area contributed by atoms with E-state index >= 15 is 0 Å². The molecule has 3 atom stereocenters. The summed E-state index contributed by atoms with van der Waals surface area (Å²) < 4.78 is 0. The molecule has 2 amide bonds. The molecule has 1 unspecified atom stereocenters. The first-order chi connectivity index (χ1) is 13.4. The molecular formula is C20H23ClN4O3. The van der Waals surface area contributed by atoms with Gasteiger partial charge in [-0.2, -0.15) is 0 Å². The zero-order valence-corrected chi connectivity index (χ0v) is 16.3. The van der Waals surface area contributed by atoms with E-state index in [4.69, 9.17) is 11.6 Å². The lowest BCUT2D eigenvalue weighted by molar-refractivity contribution is -0.129. The maximum Gasteiger partial charge on any atom is 0.253 e. The summed E-state index contributed by atoms with van der Waals surface area (Å²) in [5.74, 6) is -0.303. The predicted octanol–water partition coefficient (Wildman–Crippen LogP) is 1.29. The summed E-state index contributed by atoms with van der Waals surface area (Å²) in [6, 6.07) is 10.5. The summed E-state index contributed by atoms with van der Waals surface area (Å²) >= 11 is 5.85. The molecule has 1 aromatic heterocycles. The van der Waals surface area contributed by atoms with E-state index in [1.54, 1.807) is 6.92 Å². The number of hydrogen-bond donors (Lipinski definition) is 4. The van der Waals surface area contributed by atoms with E-state index in [1.807, 2.05) is 18.2 Å². The third-order valence-corrected chi connectivity index (χ3v) is 5.09. The Bertz CT molecular complexity index is 900. The smallest absolute Gasteiger partial charge is 0.253 e. The monoisotopic (exact) mass is 402 g/mol. The first kappa shape index (κ1) is 20.1. The highest BCUT2D eigenvalue weighted by Crippen LogP contribution is 2.25. The third-order valence-electron chi connectivity index (χ3n) is 4.87. The molecule has 0 radical (unpaired) electrons. The van der Waals surface area contributed by atoms with Crippen molar-refractivity contribution in [2.75, 3.05) is 6.54 Å². The molecule has 1 aliphatic rings. The Labute approximate surface area is 167 Å². The minimum atomic E-state index is -0.719. The lowest BCUT2D eigenvalue weighted by atomic mass is 9.96. The summed E-state index contributed by atoms with van der Waals surface area (Å²) in [6.45, 7) is 2.37. The number of halogens is 1. The van der Waals surface area contributed by atoms with Crippen LogP contribution in [0.4, 0.5) is 0 Å². The summed E-state index contributed by atoms with van der Waals surface area (Å²) in [4.78, 5) is 38.9. The van der Waals surface area contributed by atoms with Gasteiger partial charge in [-0.3, -0.25) is 14.4 Å². The molecule has 0 aliphatic carbocycles. The Balaban J connectivity index is 1.49. The van der Waals surface area contributed by atoms with Gasteiger partial charge in [-0.05, 0) is 30.9 Å². The highest BCUT2D eigenvalue weighted by atomic mass is 35.5. The van der Waals surface area contributed by atoms with Gasteiger partial charge in [0.25, 0.3) is 5.56 Å². The van der Waals surface area contributed by atoms with Crippen LogP contribution in [0.25, 0.3) is 0 Å². The van der Waals surface area contributed by atoms with E-state index in [2.05, 4.69) is 33.1 Å². The van der Waals surface area contributed by atoms with Crippen molar-refractivity contribution in [2.24, 2.45) is 0 Å². The number of H-pyrrole nitrogens is 1. The van der Waals surface area contributed by atoms with Crippen LogP contribution in [0.15, 0.2) is 47.4 Å². The average Bonchev–Trinajstić information content (AvgIpc) is 3.19. The van der Waals surface area contributed by atoms with E-state index in [9.17, 15) is 14.4 Å². The molecule has 148 valence electrons. The van der Waals surface area contributed by atoms with Crippen LogP contribution in [0.3, 0.4) is 0 Å². The molecule has 0 bridgehead atoms. The SMILES string of the molecule is C[C@H](NC(=O)C1C[C@H](c2ccccc2)CN1)C(=O)NCc1cc(Cl)c[nH]c1=O. The Kier molecular flexibility index (Phi) is 6.49. The molecule has 1 saturated heterocycles. The van der Waals surface area contributed by atoms with Crippen LogP contribution in [-0.4, -0.2) is 35.4 Å². The zero-order chi connectivity index (χ0) is 20.1. The van der Waals surface area contributed by atoms with Crippen molar-refractivity contribution in [3.63, 3.8) is 0 Å². The van der Waals surface area contributed by atoms with Crippen molar-refractivity contribution < 1.29 is 9.59 Å². The number of aromatic nitrogens is 1. The van der Waals surface area contributed by atoms with Crippen LogP contribution in [-0.2, 0) is 16.1 Å². The first-order valence-corrected chi connectivity index (χ1v) is 9.55. The number of rotatable bonds is 6. The fourth-order valence-corrected chi connectivity index (χ4v) is 3.45. The van der Waals surface area contributed by atoms with Crippen LogP contribution in [0.1, 0.15) is 30.4 Å². The number of hydrogen-bond acceptors (Lipinski definition) is 4. The molecule has 1 aromatic carbocycles. The molecule has 3 rings (SSSR count). The van der Waals surface area contributed by atoms with Crippen molar-refractivity contribution in [3.05, 3.63) is 69.1 Å². The first-order valence-electron chi connectivity index (χ1n) is 9.17. The number of carbonyl (C=O) groups excluding carboxylic acids is 2. The second-order valence-electron chi connectivity index (χ2n) is 6.92. The van der Waals surface area contributed by atoms with Gasteiger partial charge < -0.3 is 20.9 Å². The maximum absolute atomic E-state index is 12.5. The van der Waals surface area contributed by atoms with Gasteiger partial charge in [0.2, 0.25) is 11.8 Å². The van der Waals surface area contributed by atoms with E-state index in [1.165, 1.54) is 17.8 Å². The normalized spacial score (nSPS) is 19.8. The van der Waals surface area contributed by atoms with Crippen molar-refractivity contribution >= 4 is 23.4 Å². The molecule has 4 N–H and O–H groups in total. The largest absolute Gasteiger partial charge is 0.350 e. The molecule has 1 fully saturated rings. The Morgan fingerprint density at radius 1 is 1.29 bits per heavy atom. The fourth-order valence-electron chi connectivity index (χ4n) is 3.26. The molecule has 0 saturated carbocycles. The molecule has 1 aliphatic heterocycles. The predicted molar refractivity (Wildman–Crippen MR) is 107 cm³/mol. The van der Waals surface area contributed by atoms with Crippen LogP contribution in [0.2, 0.25) is 5.02 Å². The summed E-state index contributed by atoms with van der Waals surface area (Å²) in [7, 11) is 0. The lowest BCUT2D eigenvalue weighted by Gasteiger charge is -2.17. The second-order valence-corrected chi connectivity index (χ2v) is 7.36. The Hall–Kier alpha value is -2.64. The van der Waals surface area contributed by atoms with Gasteiger partial charge in [0.15, 0.2) is 0 Å². The van der Waals surface area contributed by atoms with Crippen LogP contribution >= 0.6 is 11.6 Å². The highest BCUT2D eigenvalue weighted by Gasteiger charge is 2.31. The molecule has 7 nitrogen and oxygen atoms in total. The maximum atomic E-state index is 12.5. The van der Waals surface area contributed by atoms with Gasteiger partial charge >= 0.3 is 0 Å². The van der Waals surface area contributed by atoms with Crippen molar-refractivity contribution in [3.8, 4) is 0 Å². The van der Waals surface area contributed by atoms with Crippen LogP contribution in [0.5, 0.6) is 0 Å². The number of nitrogens with one attached hydrogen (secondary N) is 4. The number of benzene rings is 1. The quantitative estimate of drug-likeness (QED) is 0.584. The minimum absolute atomic E-state index is 0.0344. The molecule has 2 aromatic rings. The molecular weight excluding hydrogens is 380 g/mol. The van der Waals surface area contributed by atoms with Gasteiger partial charge in [0.05, 0.1) is 11.1 Å². The lowest BCUT2D eigenvalue weighted by Crippen LogP contribution is -2.50. The Morgan fingerprint density at radius 3 is 2.79 bits per heavy atom. The average molecular weight is 403 g/mol. The van der Waals surface area contributed by atoms with Gasteiger partial charge in [0.1, 0.15) is 6.04 Å². The van der Waals surface area contributed by atoms with Gasteiger partial charge in [0, 0.05) is 24.8 Å². The van der Waals surface area contributed by atoms with E-state index in [0.717, 1.165) is 6.54 Å². The molecule has 2 heterocycles. The molecule has 8 heteroatoms. The van der Waals surface area contributed by atoms with Gasteiger partial charge in [-0.1, -0.05) is 41.9 Å². The van der Waals surface area contributed by atoms with Gasteiger partial charge in [-0.15, -0.1) is 0 Å². The van der Waals surface area contributed by atoms with Crippen molar-refractivity contribution in [1.29, 1.82) is 0 Å². The van der Waals surface area contributed by atoms with E-state index in [0.29, 0.717) is 17.0 Å².